The number of carbonyl (C=O) groups excluding carboxylic acids is 1. The summed E-state index contributed by atoms with van der Waals surface area (Å²) in [6.07, 6.45) is 1.78. The highest BCUT2D eigenvalue weighted by atomic mass is 32.1. The molecule has 9 nitrogen and oxygen atoms in total. The molecule has 0 saturated heterocycles. The van der Waals surface area contributed by atoms with Crippen LogP contribution in [-0.2, 0) is 16.1 Å². The number of aromatic nitrogens is 1. The number of esters is 1. The largest absolute Gasteiger partial charge is 0.497 e. The molecule has 4 aromatic carbocycles. The zero-order valence-electron chi connectivity index (χ0n) is 25.6. The van der Waals surface area contributed by atoms with Crippen LogP contribution in [0.4, 0.5) is 0 Å². The molecule has 1 N–H and O–H groups in total. The molecule has 5 aromatic rings. The summed E-state index contributed by atoms with van der Waals surface area (Å²) in [5.41, 5.74) is 3.51. The molecule has 1 atom stereocenters. The lowest BCUT2D eigenvalue weighted by molar-refractivity contribution is -0.138. The zero-order chi connectivity index (χ0) is 32.9. The molecule has 6 rings (SSSR count). The molecule has 1 aliphatic heterocycles. The normalized spacial score (nSPS) is 14.3. The fourth-order valence-electron chi connectivity index (χ4n) is 5.34. The maximum absolute atomic E-state index is 14.1. The van der Waals surface area contributed by atoms with Crippen LogP contribution >= 0.6 is 11.3 Å². The predicted molar refractivity (Wildman–Crippen MR) is 178 cm³/mol. The van der Waals surface area contributed by atoms with Crippen LogP contribution < -0.4 is 24.4 Å². The van der Waals surface area contributed by atoms with Crippen molar-refractivity contribution in [3.63, 3.8) is 0 Å². The number of hydrogen-bond donors (Lipinski definition) is 1. The highest BCUT2D eigenvalue weighted by molar-refractivity contribution is 7.07. The minimum Gasteiger partial charge on any atom is -0.497 e. The third-order valence-corrected chi connectivity index (χ3v) is 8.52. The van der Waals surface area contributed by atoms with E-state index in [4.69, 9.17) is 19.2 Å². The van der Waals surface area contributed by atoms with Gasteiger partial charge in [0.15, 0.2) is 4.80 Å². The van der Waals surface area contributed by atoms with Crippen LogP contribution in [-0.4, -0.2) is 35.3 Å². The molecule has 236 valence electrons. The minimum atomic E-state index is -0.996. The van der Waals surface area contributed by atoms with E-state index in [0.29, 0.717) is 32.1 Å². The van der Waals surface area contributed by atoms with Crippen LogP contribution in [0.1, 0.15) is 45.6 Å². The van der Waals surface area contributed by atoms with Gasteiger partial charge in [-0.05, 0) is 66.1 Å². The Hall–Kier alpha value is -5.74. The molecule has 0 amide bonds. The maximum atomic E-state index is 14.1. The first-order chi connectivity index (χ1) is 22.9. The number of nitrogens with zero attached hydrogens (tertiary/aromatic N) is 2. The monoisotopic (exact) mass is 646 g/mol. The molecule has 0 radical (unpaired) electrons. The Bertz CT molecular complexity index is 2170. The molecule has 0 fully saturated rings. The lowest BCUT2D eigenvalue weighted by Gasteiger charge is -2.26. The number of fused-ring (bicyclic) bond motifs is 1. The minimum absolute atomic E-state index is 0.161. The van der Waals surface area contributed by atoms with E-state index in [9.17, 15) is 19.5 Å². The summed E-state index contributed by atoms with van der Waals surface area (Å²) in [5, 5.41) is 9.24. The van der Waals surface area contributed by atoms with Crippen LogP contribution in [0.3, 0.4) is 0 Å². The van der Waals surface area contributed by atoms with Crippen molar-refractivity contribution < 1.29 is 28.9 Å². The second-order valence-corrected chi connectivity index (χ2v) is 11.6. The molecule has 0 bridgehead atoms. The van der Waals surface area contributed by atoms with E-state index in [1.165, 1.54) is 17.4 Å². The van der Waals surface area contributed by atoms with E-state index in [2.05, 4.69) is 0 Å². The van der Waals surface area contributed by atoms with Gasteiger partial charge in [0.25, 0.3) is 5.56 Å². The lowest BCUT2D eigenvalue weighted by atomic mass is 9.93. The zero-order valence-corrected chi connectivity index (χ0v) is 26.4. The summed E-state index contributed by atoms with van der Waals surface area (Å²) in [6, 6.07) is 29.7. The molecule has 47 heavy (non-hydrogen) atoms. The number of thiazole rings is 1. The average Bonchev–Trinajstić information content (AvgIpc) is 3.41. The van der Waals surface area contributed by atoms with Crippen molar-refractivity contribution in [2.24, 2.45) is 4.99 Å². The van der Waals surface area contributed by atoms with Crippen molar-refractivity contribution in [1.29, 1.82) is 0 Å². The molecule has 0 aliphatic carbocycles. The van der Waals surface area contributed by atoms with Crippen LogP contribution in [0.2, 0.25) is 0 Å². The van der Waals surface area contributed by atoms with Crippen molar-refractivity contribution in [2.45, 2.75) is 19.6 Å². The Balaban J connectivity index is 1.41. The summed E-state index contributed by atoms with van der Waals surface area (Å²) >= 11 is 1.24. The number of hydrogen-bond acceptors (Lipinski definition) is 8. The van der Waals surface area contributed by atoms with Crippen molar-refractivity contribution in [2.75, 3.05) is 13.7 Å². The van der Waals surface area contributed by atoms with Gasteiger partial charge in [0.2, 0.25) is 0 Å². The molecule has 0 saturated carbocycles. The van der Waals surface area contributed by atoms with E-state index < -0.39 is 18.0 Å². The van der Waals surface area contributed by atoms with E-state index >= 15 is 0 Å². The molecule has 10 heteroatoms. The fourth-order valence-corrected chi connectivity index (χ4v) is 6.34. The van der Waals surface area contributed by atoms with Gasteiger partial charge in [0.1, 0.15) is 18.1 Å². The predicted octanol–water partition coefficient (Wildman–Crippen LogP) is 5.22. The standard InChI is InChI=1S/C37H30N2O7S/c1-3-45-36(43)31-32(25-10-5-4-6-11-25)38-37-39(33(31)26-12-8-14-29(21-26)44-2)34(40)30(47-37)20-23-15-17-28(18-16-23)46-22-24-9-7-13-27(19-24)35(41)42/h4-21,33H,3,22H2,1-2H3,(H,41,42)/b30-20-/t33-/m1/s1. The highest BCUT2D eigenvalue weighted by Crippen LogP contribution is 2.36. The van der Waals surface area contributed by atoms with Gasteiger partial charge in [0.05, 0.1) is 41.1 Å². The summed E-state index contributed by atoms with van der Waals surface area (Å²) in [7, 11) is 1.56. The number of benzene rings is 4. The summed E-state index contributed by atoms with van der Waals surface area (Å²) < 4.78 is 18.9. The number of carboxylic acid groups (broad SMARTS) is 1. The summed E-state index contributed by atoms with van der Waals surface area (Å²) in [6.45, 7) is 2.10. The Kier molecular flexibility index (Phi) is 9.12. The third kappa shape index (κ3) is 6.63. The molecule has 0 spiro atoms. The topological polar surface area (TPSA) is 116 Å². The van der Waals surface area contributed by atoms with E-state index in [-0.39, 0.29) is 29.9 Å². The van der Waals surface area contributed by atoms with Crippen LogP contribution in [0.25, 0.3) is 11.8 Å². The molecule has 2 heterocycles. The number of carboxylic acids is 1. The quantitative estimate of drug-likeness (QED) is 0.207. The fraction of sp³-hybridized carbons (Fsp3) is 0.135. The van der Waals surface area contributed by atoms with Gasteiger partial charge in [-0.15, -0.1) is 0 Å². The molecule has 0 unspecified atom stereocenters. The number of aromatic carboxylic acids is 1. The van der Waals surface area contributed by atoms with Crippen molar-refractivity contribution >= 4 is 35.0 Å². The van der Waals surface area contributed by atoms with Gasteiger partial charge in [-0.1, -0.05) is 78.1 Å². The first kappa shape index (κ1) is 31.3. The lowest BCUT2D eigenvalue weighted by Crippen LogP contribution is -2.40. The first-order valence-corrected chi connectivity index (χ1v) is 15.7. The Morgan fingerprint density at radius 2 is 1.70 bits per heavy atom. The van der Waals surface area contributed by atoms with E-state index in [0.717, 1.165) is 16.7 Å². The van der Waals surface area contributed by atoms with Crippen LogP contribution in [0.15, 0.2) is 118 Å². The van der Waals surface area contributed by atoms with Gasteiger partial charge in [-0.2, -0.15) is 0 Å². The Morgan fingerprint density at radius 3 is 2.43 bits per heavy atom. The number of methoxy groups -OCH3 is 1. The van der Waals surface area contributed by atoms with Gasteiger partial charge in [0, 0.05) is 5.56 Å². The number of carbonyl (C=O) groups is 2. The maximum Gasteiger partial charge on any atom is 0.338 e. The second-order valence-electron chi connectivity index (χ2n) is 10.6. The smallest absolute Gasteiger partial charge is 0.338 e. The van der Waals surface area contributed by atoms with Crippen LogP contribution in [0.5, 0.6) is 11.5 Å². The van der Waals surface area contributed by atoms with Crippen molar-refractivity contribution in [3.05, 3.63) is 156 Å². The van der Waals surface area contributed by atoms with E-state index in [1.54, 1.807) is 61.1 Å². The van der Waals surface area contributed by atoms with Crippen molar-refractivity contribution in [1.82, 2.24) is 4.57 Å². The second kappa shape index (κ2) is 13.7. The van der Waals surface area contributed by atoms with Crippen molar-refractivity contribution in [3.8, 4) is 11.5 Å². The van der Waals surface area contributed by atoms with Gasteiger partial charge >= 0.3 is 11.9 Å². The highest BCUT2D eigenvalue weighted by Gasteiger charge is 2.35. The summed E-state index contributed by atoms with van der Waals surface area (Å²) in [5.74, 6) is -0.371. The Labute approximate surface area is 274 Å². The van der Waals surface area contributed by atoms with Gasteiger partial charge in [-0.3, -0.25) is 9.36 Å². The number of ether oxygens (including phenoxy) is 3. The Morgan fingerprint density at radius 1 is 0.936 bits per heavy atom. The van der Waals surface area contributed by atoms with E-state index in [1.807, 2.05) is 60.7 Å². The molecular formula is C37H30N2O7S. The first-order valence-electron chi connectivity index (χ1n) is 14.8. The van der Waals surface area contributed by atoms with Gasteiger partial charge < -0.3 is 19.3 Å². The third-order valence-electron chi connectivity index (χ3n) is 7.54. The SMILES string of the molecule is CCOC(=O)C1=C(c2ccccc2)N=c2s/c(=C\c3ccc(OCc4cccc(C(=O)O)c4)cc3)c(=O)n2[C@@H]1c1cccc(OC)c1. The molecule has 1 aliphatic rings. The number of rotatable bonds is 10. The van der Waals surface area contributed by atoms with Crippen LogP contribution in [0, 0.1) is 0 Å². The average molecular weight is 647 g/mol. The summed E-state index contributed by atoms with van der Waals surface area (Å²) in [4.78, 5) is 44.4. The molecule has 1 aromatic heterocycles. The van der Waals surface area contributed by atoms with Gasteiger partial charge in [-0.25, -0.2) is 14.6 Å². The molecular weight excluding hydrogens is 616 g/mol.